The molecule has 0 radical (unpaired) electrons. The van der Waals surface area contributed by atoms with Crippen LogP contribution in [0.4, 0.5) is 0 Å². The summed E-state index contributed by atoms with van der Waals surface area (Å²) in [6.07, 6.45) is 4.45. The van der Waals surface area contributed by atoms with E-state index in [-0.39, 0.29) is 18.1 Å². The Morgan fingerprint density at radius 1 is 1.18 bits per heavy atom. The third-order valence-electron chi connectivity index (χ3n) is 5.34. The van der Waals surface area contributed by atoms with Gasteiger partial charge in [-0.3, -0.25) is 9.69 Å². The monoisotopic (exact) mass is 381 g/mol. The zero-order chi connectivity index (χ0) is 19.2. The number of amides is 1. The molecule has 2 aromatic rings. The van der Waals surface area contributed by atoms with Gasteiger partial charge in [-0.25, -0.2) is 4.98 Å². The van der Waals surface area contributed by atoms with Crippen LogP contribution in [-0.4, -0.2) is 54.2 Å². The number of nitrogens with one attached hydrogen (secondary N) is 1. The van der Waals surface area contributed by atoms with E-state index in [4.69, 9.17) is 9.47 Å². The zero-order valence-electron chi connectivity index (χ0n) is 16.0. The number of ether oxygens (including phenoxy) is 2. The number of carbonyl (C=O) groups excluding carboxylic acids is 1. The summed E-state index contributed by atoms with van der Waals surface area (Å²) in [5, 5.41) is 3.17. The first-order chi connectivity index (χ1) is 13.8. The van der Waals surface area contributed by atoms with E-state index in [2.05, 4.69) is 39.5 Å². The van der Waals surface area contributed by atoms with Crippen LogP contribution >= 0.6 is 0 Å². The van der Waals surface area contributed by atoms with E-state index < -0.39 is 0 Å². The highest BCUT2D eigenvalue weighted by molar-refractivity contribution is 5.94. The number of hydrogen-bond donors (Lipinski definition) is 1. The summed E-state index contributed by atoms with van der Waals surface area (Å²) in [5.41, 5.74) is 1.93. The first-order valence-corrected chi connectivity index (χ1v) is 10.0. The van der Waals surface area contributed by atoms with Crippen molar-refractivity contribution < 1.29 is 14.3 Å². The molecule has 148 valence electrons. The van der Waals surface area contributed by atoms with Gasteiger partial charge in [0.15, 0.2) is 0 Å². The van der Waals surface area contributed by atoms with Gasteiger partial charge in [-0.2, -0.15) is 0 Å². The Morgan fingerprint density at radius 2 is 2.00 bits per heavy atom. The smallest absolute Gasteiger partial charge is 0.251 e. The predicted octanol–water partition coefficient (Wildman–Crippen LogP) is 2.64. The van der Waals surface area contributed by atoms with Gasteiger partial charge in [-0.1, -0.05) is 30.3 Å². The van der Waals surface area contributed by atoms with Gasteiger partial charge >= 0.3 is 0 Å². The lowest BCUT2D eigenvalue weighted by atomic mass is 10.0. The molecule has 1 aromatic heterocycles. The Morgan fingerprint density at radius 3 is 2.75 bits per heavy atom. The number of pyridine rings is 1. The van der Waals surface area contributed by atoms with Crippen LogP contribution in [0, 0.1) is 0 Å². The van der Waals surface area contributed by atoms with Crippen molar-refractivity contribution in [1.29, 1.82) is 0 Å². The lowest BCUT2D eigenvalue weighted by molar-refractivity contribution is 0.0907. The molecule has 3 heterocycles. The van der Waals surface area contributed by atoms with E-state index in [1.807, 2.05) is 6.07 Å². The molecule has 0 bridgehead atoms. The number of hydrogen-bond acceptors (Lipinski definition) is 5. The Balaban J connectivity index is 1.26. The van der Waals surface area contributed by atoms with Crippen molar-refractivity contribution in [1.82, 2.24) is 15.2 Å². The Hall–Kier alpha value is -2.44. The summed E-state index contributed by atoms with van der Waals surface area (Å²) in [6.45, 7) is 4.25. The van der Waals surface area contributed by atoms with Gasteiger partial charge in [0, 0.05) is 49.9 Å². The SMILES string of the molecule is O=C(NC1CCN(Cc2ccccc2)CC1)c1ccnc(OC2CCOC2)c1. The van der Waals surface area contributed by atoms with Crippen molar-refractivity contribution in [3.8, 4) is 5.88 Å². The van der Waals surface area contributed by atoms with Gasteiger partial charge < -0.3 is 14.8 Å². The van der Waals surface area contributed by atoms with Crippen LogP contribution < -0.4 is 10.1 Å². The average Bonchev–Trinajstić information content (AvgIpc) is 3.23. The number of nitrogens with zero attached hydrogens (tertiary/aromatic N) is 2. The largest absolute Gasteiger partial charge is 0.472 e. The second kappa shape index (κ2) is 9.17. The quantitative estimate of drug-likeness (QED) is 0.833. The molecule has 1 aromatic carbocycles. The minimum atomic E-state index is -0.0589. The zero-order valence-corrected chi connectivity index (χ0v) is 16.0. The molecule has 2 saturated heterocycles. The second-order valence-electron chi connectivity index (χ2n) is 7.50. The third-order valence-corrected chi connectivity index (χ3v) is 5.34. The molecule has 1 amide bonds. The van der Waals surface area contributed by atoms with E-state index in [0.717, 1.165) is 38.9 Å². The van der Waals surface area contributed by atoms with Crippen LogP contribution in [0.5, 0.6) is 5.88 Å². The summed E-state index contributed by atoms with van der Waals surface area (Å²) >= 11 is 0. The fraction of sp³-hybridized carbons (Fsp3) is 0.455. The molecule has 1 unspecified atom stereocenters. The average molecular weight is 381 g/mol. The summed E-state index contributed by atoms with van der Waals surface area (Å²) < 4.78 is 11.1. The van der Waals surface area contributed by atoms with Gasteiger partial charge in [0.2, 0.25) is 5.88 Å². The van der Waals surface area contributed by atoms with Crippen LogP contribution in [0.2, 0.25) is 0 Å². The predicted molar refractivity (Wildman–Crippen MR) is 106 cm³/mol. The minimum Gasteiger partial charge on any atom is -0.472 e. The van der Waals surface area contributed by atoms with E-state index in [1.54, 1.807) is 18.3 Å². The lowest BCUT2D eigenvalue weighted by Gasteiger charge is -2.32. The molecular weight excluding hydrogens is 354 g/mol. The van der Waals surface area contributed by atoms with Crippen molar-refractivity contribution in [2.75, 3.05) is 26.3 Å². The maximum absolute atomic E-state index is 12.6. The summed E-state index contributed by atoms with van der Waals surface area (Å²) in [5.74, 6) is 0.428. The molecule has 4 rings (SSSR count). The number of likely N-dealkylation sites (tertiary alicyclic amines) is 1. The maximum atomic E-state index is 12.6. The molecule has 0 saturated carbocycles. The van der Waals surface area contributed by atoms with Gasteiger partial charge in [0.05, 0.1) is 13.2 Å². The highest BCUT2D eigenvalue weighted by Crippen LogP contribution is 2.17. The minimum absolute atomic E-state index is 0.0275. The second-order valence-corrected chi connectivity index (χ2v) is 7.50. The Bertz CT molecular complexity index is 770. The maximum Gasteiger partial charge on any atom is 0.251 e. The van der Waals surface area contributed by atoms with Crippen LogP contribution in [0.25, 0.3) is 0 Å². The van der Waals surface area contributed by atoms with E-state index >= 15 is 0 Å². The van der Waals surface area contributed by atoms with Crippen molar-refractivity contribution in [2.24, 2.45) is 0 Å². The van der Waals surface area contributed by atoms with Crippen LogP contribution in [-0.2, 0) is 11.3 Å². The molecule has 28 heavy (non-hydrogen) atoms. The van der Waals surface area contributed by atoms with E-state index in [1.165, 1.54) is 5.56 Å². The van der Waals surface area contributed by atoms with Crippen molar-refractivity contribution in [3.05, 3.63) is 59.8 Å². The highest BCUT2D eigenvalue weighted by Gasteiger charge is 2.22. The summed E-state index contributed by atoms with van der Waals surface area (Å²) in [7, 11) is 0. The molecule has 0 aliphatic carbocycles. The molecule has 6 heteroatoms. The molecule has 2 fully saturated rings. The van der Waals surface area contributed by atoms with Crippen LogP contribution in [0.1, 0.15) is 35.2 Å². The number of benzene rings is 1. The number of rotatable bonds is 6. The number of aromatic nitrogens is 1. The molecule has 1 atom stereocenters. The molecular formula is C22H27N3O3. The first kappa shape index (κ1) is 18.9. The first-order valence-electron chi connectivity index (χ1n) is 10.0. The normalized spacial score (nSPS) is 20.8. The van der Waals surface area contributed by atoms with Crippen LogP contribution in [0.3, 0.4) is 0 Å². The Kier molecular flexibility index (Phi) is 6.19. The fourth-order valence-electron chi connectivity index (χ4n) is 3.74. The third kappa shape index (κ3) is 5.09. The standard InChI is InChI=1S/C22H27N3O3/c26-22(18-6-10-23-21(14-18)28-20-9-13-27-16-20)24-19-7-11-25(12-8-19)15-17-4-2-1-3-5-17/h1-6,10,14,19-20H,7-9,11-13,15-16H2,(H,24,26). The molecule has 0 spiro atoms. The molecule has 2 aliphatic heterocycles. The van der Waals surface area contributed by atoms with Crippen molar-refractivity contribution in [3.63, 3.8) is 0 Å². The van der Waals surface area contributed by atoms with E-state index in [9.17, 15) is 4.79 Å². The lowest BCUT2D eigenvalue weighted by Crippen LogP contribution is -2.44. The Labute approximate surface area is 165 Å². The molecule has 2 aliphatic rings. The van der Waals surface area contributed by atoms with Crippen molar-refractivity contribution >= 4 is 5.91 Å². The van der Waals surface area contributed by atoms with Gasteiger partial charge in [-0.05, 0) is 24.5 Å². The van der Waals surface area contributed by atoms with Crippen molar-refractivity contribution in [2.45, 2.75) is 38.0 Å². The number of carbonyl (C=O) groups is 1. The highest BCUT2D eigenvalue weighted by atomic mass is 16.5. The van der Waals surface area contributed by atoms with Gasteiger partial charge in [-0.15, -0.1) is 0 Å². The van der Waals surface area contributed by atoms with Crippen LogP contribution in [0.15, 0.2) is 48.7 Å². The summed E-state index contributed by atoms with van der Waals surface area (Å²) in [4.78, 5) is 19.3. The van der Waals surface area contributed by atoms with Gasteiger partial charge in [0.1, 0.15) is 6.10 Å². The summed E-state index contributed by atoms with van der Waals surface area (Å²) in [6, 6.07) is 14.2. The molecule has 1 N–H and O–H groups in total. The van der Waals surface area contributed by atoms with Gasteiger partial charge in [0.25, 0.3) is 5.91 Å². The topological polar surface area (TPSA) is 63.7 Å². The molecule has 6 nitrogen and oxygen atoms in total. The van der Waals surface area contributed by atoms with E-state index in [0.29, 0.717) is 24.7 Å². The number of piperidine rings is 1. The fourth-order valence-corrected chi connectivity index (χ4v) is 3.74.